The lowest BCUT2D eigenvalue weighted by Crippen LogP contribution is -2.16. The minimum atomic E-state index is -0.266. The first kappa shape index (κ1) is 13.2. The van der Waals surface area contributed by atoms with Gasteiger partial charge >= 0.3 is 0 Å². The summed E-state index contributed by atoms with van der Waals surface area (Å²) in [7, 11) is 1.85. The third-order valence-electron chi connectivity index (χ3n) is 3.27. The lowest BCUT2D eigenvalue weighted by Gasteiger charge is -2.13. The largest absolute Gasteiger partial charge is 0.459 e. The molecule has 1 N–H and O–H groups in total. The molecule has 0 bridgehead atoms. The Morgan fingerprint density at radius 2 is 1.85 bits per heavy atom. The topological polar surface area (TPSA) is 25.2 Å². The molecule has 20 heavy (non-hydrogen) atoms. The van der Waals surface area contributed by atoms with Crippen LogP contribution in [0.5, 0.6) is 0 Å². The lowest BCUT2D eigenvalue weighted by molar-refractivity contribution is 0.491. The van der Waals surface area contributed by atoms with Crippen molar-refractivity contribution in [2.45, 2.75) is 6.04 Å². The Morgan fingerprint density at radius 3 is 2.55 bits per heavy atom. The van der Waals surface area contributed by atoms with Gasteiger partial charge in [-0.25, -0.2) is 4.39 Å². The van der Waals surface area contributed by atoms with Crippen LogP contribution >= 0.6 is 11.6 Å². The zero-order valence-corrected chi connectivity index (χ0v) is 11.6. The van der Waals surface area contributed by atoms with Crippen molar-refractivity contribution >= 4 is 22.6 Å². The highest BCUT2D eigenvalue weighted by Gasteiger charge is 2.17. The minimum absolute atomic E-state index is 0.0947. The summed E-state index contributed by atoms with van der Waals surface area (Å²) in [6.45, 7) is 0. The van der Waals surface area contributed by atoms with Crippen LogP contribution in [0.2, 0.25) is 5.02 Å². The van der Waals surface area contributed by atoms with E-state index in [4.69, 9.17) is 16.0 Å². The van der Waals surface area contributed by atoms with Crippen LogP contribution in [-0.4, -0.2) is 7.05 Å². The normalized spacial score (nSPS) is 12.8. The molecule has 0 spiro atoms. The second-order valence-corrected chi connectivity index (χ2v) is 5.04. The summed E-state index contributed by atoms with van der Waals surface area (Å²) in [4.78, 5) is 0. The minimum Gasteiger partial charge on any atom is -0.459 e. The van der Waals surface area contributed by atoms with Gasteiger partial charge in [0.25, 0.3) is 0 Å². The first-order chi connectivity index (χ1) is 9.67. The molecular weight excluding hydrogens is 277 g/mol. The van der Waals surface area contributed by atoms with E-state index >= 15 is 0 Å². The van der Waals surface area contributed by atoms with E-state index in [1.54, 1.807) is 6.07 Å². The van der Waals surface area contributed by atoms with Gasteiger partial charge in [0.15, 0.2) is 0 Å². The quantitative estimate of drug-likeness (QED) is 0.766. The molecule has 2 nitrogen and oxygen atoms in total. The number of hydrogen-bond acceptors (Lipinski definition) is 2. The molecule has 102 valence electrons. The Kier molecular flexibility index (Phi) is 3.47. The van der Waals surface area contributed by atoms with E-state index in [0.717, 1.165) is 16.7 Å². The first-order valence-electron chi connectivity index (χ1n) is 6.29. The predicted octanol–water partition coefficient (Wildman–Crippen LogP) is 4.53. The van der Waals surface area contributed by atoms with E-state index in [9.17, 15) is 4.39 Å². The maximum Gasteiger partial charge on any atom is 0.134 e. The summed E-state index contributed by atoms with van der Waals surface area (Å²) in [6.07, 6.45) is 0. The van der Waals surface area contributed by atoms with Crippen LogP contribution in [0.3, 0.4) is 0 Å². The van der Waals surface area contributed by atoms with Gasteiger partial charge in [0, 0.05) is 10.4 Å². The number of furan rings is 1. The van der Waals surface area contributed by atoms with Crippen molar-refractivity contribution in [1.29, 1.82) is 0 Å². The average Bonchev–Trinajstić information content (AvgIpc) is 2.84. The molecule has 0 aliphatic rings. The van der Waals surface area contributed by atoms with Gasteiger partial charge in [-0.15, -0.1) is 0 Å². The van der Waals surface area contributed by atoms with Crippen LogP contribution in [0.4, 0.5) is 4.39 Å². The van der Waals surface area contributed by atoms with E-state index in [2.05, 4.69) is 5.32 Å². The highest BCUT2D eigenvalue weighted by molar-refractivity contribution is 6.30. The van der Waals surface area contributed by atoms with Crippen LogP contribution in [0, 0.1) is 5.82 Å². The van der Waals surface area contributed by atoms with Gasteiger partial charge in [0.2, 0.25) is 0 Å². The Bertz CT molecular complexity index is 736. The van der Waals surface area contributed by atoms with E-state index in [1.807, 2.05) is 37.4 Å². The molecule has 0 amide bonds. The van der Waals surface area contributed by atoms with Crippen molar-refractivity contribution in [3.63, 3.8) is 0 Å². The predicted molar refractivity (Wildman–Crippen MR) is 78.5 cm³/mol. The first-order valence-corrected chi connectivity index (χ1v) is 6.67. The van der Waals surface area contributed by atoms with Crippen LogP contribution < -0.4 is 5.32 Å². The molecule has 1 atom stereocenters. The number of halogens is 2. The molecule has 1 aromatic heterocycles. The van der Waals surface area contributed by atoms with Gasteiger partial charge in [-0.05, 0) is 49.0 Å². The Balaban J connectivity index is 2.04. The highest BCUT2D eigenvalue weighted by Crippen LogP contribution is 2.29. The summed E-state index contributed by atoms with van der Waals surface area (Å²) in [5.41, 5.74) is 1.71. The summed E-state index contributed by atoms with van der Waals surface area (Å²) >= 11 is 5.90. The fourth-order valence-corrected chi connectivity index (χ4v) is 2.43. The number of benzene rings is 2. The van der Waals surface area contributed by atoms with Gasteiger partial charge in [0.05, 0.1) is 6.04 Å². The maximum atomic E-state index is 13.2. The third-order valence-corrected chi connectivity index (χ3v) is 3.53. The second kappa shape index (κ2) is 5.27. The van der Waals surface area contributed by atoms with Gasteiger partial charge in [0.1, 0.15) is 17.2 Å². The SMILES string of the molecule is CNC(c1ccc(Cl)cc1)c1cc2cc(F)ccc2o1. The van der Waals surface area contributed by atoms with Crippen LogP contribution in [0.25, 0.3) is 11.0 Å². The molecule has 3 rings (SSSR count). The summed E-state index contributed by atoms with van der Waals surface area (Å²) in [5, 5.41) is 4.65. The summed E-state index contributed by atoms with van der Waals surface area (Å²) in [6, 6.07) is 13.8. The monoisotopic (exact) mass is 289 g/mol. The zero-order valence-electron chi connectivity index (χ0n) is 10.9. The molecule has 1 heterocycles. The molecule has 1 unspecified atom stereocenters. The van der Waals surface area contributed by atoms with Crippen LogP contribution in [0.15, 0.2) is 52.9 Å². The molecule has 0 aliphatic heterocycles. The number of rotatable bonds is 3. The van der Waals surface area contributed by atoms with Crippen LogP contribution in [-0.2, 0) is 0 Å². The fourth-order valence-electron chi connectivity index (χ4n) is 2.31. The van der Waals surface area contributed by atoms with Crippen LogP contribution in [0.1, 0.15) is 17.4 Å². The van der Waals surface area contributed by atoms with Crippen molar-refractivity contribution < 1.29 is 8.81 Å². The van der Waals surface area contributed by atoms with E-state index in [0.29, 0.717) is 10.6 Å². The Labute approximate surface area is 121 Å². The zero-order chi connectivity index (χ0) is 14.1. The van der Waals surface area contributed by atoms with Crippen molar-refractivity contribution in [2.75, 3.05) is 7.05 Å². The number of hydrogen-bond donors (Lipinski definition) is 1. The number of fused-ring (bicyclic) bond motifs is 1. The molecule has 0 radical (unpaired) electrons. The van der Waals surface area contributed by atoms with E-state index < -0.39 is 0 Å². The maximum absolute atomic E-state index is 13.2. The van der Waals surface area contributed by atoms with Gasteiger partial charge in [-0.1, -0.05) is 23.7 Å². The Morgan fingerprint density at radius 1 is 1.10 bits per heavy atom. The molecule has 0 saturated carbocycles. The molecule has 4 heteroatoms. The standard InChI is InChI=1S/C16H13ClFNO/c1-19-16(10-2-4-12(17)5-3-10)15-9-11-8-13(18)6-7-14(11)20-15/h2-9,16,19H,1H3. The van der Waals surface area contributed by atoms with Gasteiger partial charge in [-0.2, -0.15) is 0 Å². The lowest BCUT2D eigenvalue weighted by atomic mass is 10.0. The summed E-state index contributed by atoms with van der Waals surface area (Å²) < 4.78 is 19.0. The van der Waals surface area contributed by atoms with Crippen molar-refractivity contribution in [1.82, 2.24) is 5.32 Å². The molecule has 2 aromatic carbocycles. The van der Waals surface area contributed by atoms with Crippen molar-refractivity contribution in [3.8, 4) is 0 Å². The van der Waals surface area contributed by atoms with E-state index in [-0.39, 0.29) is 11.9 Å². The van der Waals surface area contributed by atoms with Crippen molar-refractivity contribution in [2.24, 2.45) is 0 Å². The number of nitrogens with one attached hydrogen (secondary N) is 1. The molecule has 0 saturated heterocycles. The summed E-state index contributed by atoms with van der Waals surface area (Å²) in [5.74, 6) is 0.479. The molecule has 0 aliphatic carbocycles. The molecular formula is C16H13ClFNO. The smallest absolute Gasteiger partial charge is 0.134 e. The van der Waals surface area contributed by atoms with E-state index in [1.165, 1.54) is 12.1 Å². The fraction of sp³-hybridized carbons (Fsp3) is 0.125. The molecule has 0 fully saturated rings. The van der Waals surface area contributed by atoms with Gasteiger partial charge in [-0.3, -0.25) is 0 Å². The van der Waals surface area contributed by atoms with Crippen molar-refractivity contribution in [3.05, 3.63) is 70.7 Å². The van der Waals surface area contributed by atoms with Gasteiger partial charge < -0.3 is 9.73 Å². The highest BCUT2D eigenvalue weighted by atomic mass is 35.5. The Hall–Kier alpha value is -1.84. The third kappa shape index (κ3) is 2.42. The molecule has 3 aromatic rings. The average molecular weight is 290 g/mol. The second-order valence-electron chi connectivity index (χ2n) is 4.60.